The van der Waals surface area contributed by atoms with E-state index in [1.54, 1.807) is 48.5 Å². The third-order valence-corrected chi connectivity index (χ3v) is 4.85. The number of nitrogens with zero attached hydrogens (tertiary/aromatic N) is 1. The molecule has 29 heavy (non-hydrogen) atoms. The van der Waals surface area contributed by atoms with E-state index in [2.05, 4.69) is 0 Å². The van der Waals surface area contributed by atoms with E-state index in [1.165, 1.54) is 23.1 Å². The van der Waals surface area contributed by atoms with Gasteiger partial charge in [0.1, 0.15) is 17.0 Å². The van der Waals surface area contributed by atoms with Crippen molar-refractivity contribution in [1.82, 2.24) is 4.90 Å². The molecule has 0 radical (unpaired) electrons. The van der Waals surface area contributed by atoms with Crippen LogP contribution in [0, 0.1) is 18.2 Å². The van der Waals surface area contributed by atoms with Gasteiger partial charge in [0.15, 0.2) is 6.10 Å². The highest BCUT2D eigenvalue weighted by Gasteiger charge is 2.48. The molecule has 1 aliphatic heterocycles. The standard InChI is InChI=1S/C22H32FNO5/c1-14-12-15(23)8-9-16(14)22(27)10-11-24(19(26)29-21(5,6)7)13-17(22)28-18(25)20(2,3)4/h8-9,12,17,27H,10-11,13H2,1-7H3/t17-,22-/m0/s1. The second-order valence-corrected chi connectivity index (χ2v) is 9.70. The molecule has 1 aromatic rings. The number of carbonyl (C=O) groups excluding carboxylic acids is 2. The monoisotopic (exact) mass is 409 g/mol. The van der Waals surface area contributed by atoms with Crippen molar-refractivity contribution in [2.75, 3.05) is 13.1 Å². The fourth-order valence-corrected chi connectivity index (χ4v) is 3.26. The number of amides is 1. The molecular formula is C22H32FNO5. The van der Waals surface area contributed by atoms with Gasteiger partial charge in [-0.3, -0.25) is 4.79 Å². The summed E-state index contributed by atoms with van der Waals surface area (Å²) in [6.07, 6.45) is -1.42. The molecule has 1 amide bonds. The lowest BCUT2D eigenvalue weighted by Crippen LogP contribution is -2.57. The predicted octanol–water partition coefficient (Wildman–Crippen LogP) is 3.92. The van der Waals surface area contributed by atoms with Crippen LogP contribution < -0.4 is 0 Å². The molecule has 1 aliphatic rings. The Morgan fingerprint density at radius 3 is 2.34 bits per heavy atom. The summed E-state index contributed by atoms with van der Waals surface area (Å²) in [4.78, 5) is 26.5. The lowest BCUT2D eigenvalue weighted by atomic mass is 9.80. The molecule has 0 saturated carbocycles. The smallest absolute Gasteiger partial charge is 0.410 e. The number of aliphatic hydroxyl groups is 1. The van der Waals surface area contributed by atoms with Gasteiger partial charge in [-0.05, 0) is 71.7 Å². The van der Waals surface area contributed by atoms with Crippen molar-refractivity contribution in [1.29, 1.82) is 0 Å². The summed E-state index contributed by atoms with van der Waals surface area (Å²) >= 11 is 0. The minimum absolute atomic E-state index is 0.0238. The van der Waals surface area contributed by atoms with E-state index < -0.39 is 40.6 Å². The lowest BCUT2D eigenvalue weighted by molar-refractivity contribution is -0.186. The summed E-state index contributed by atoms with van der Waals surface area (Å²) in [7, 11) is 0. The van der Waals surface area contributed by atoms with Crippen LogP contribution in [0.25, 0.3) is 0 Å². The van der Waals surface area contributed by atoms with Crippen LogP contribution in [0.1, 0.15) is 59.1 Å². The molecule has 0 aliphatic carbocycles. The summed E-state index contributed by atoms with van der Waals surface area (Å²) in [5.74, 6) is -0.906. The van der Waals surface area contributed by atoms with Gasteiger partial charge in [0.05, 0.1) is 12.0 Å². The topological polar surface area (TPSA) is 76.1 Å². The number of benzene rings is 1. The summed E-state index contributed by atoms with van der Waals surface area (Å²) in [6.45, 7) is 12.3. The predicted molar refractivity (Wildman–Crippen MR) is 107 cm³/mol. The molecule has 1 fully saturated rings. The first-order valence-electron chi connectivity index (χ1n) is 9.81. The molecule has 6 nitrogen and oxygen atoms in total. The molecule has 0 unspecified atom stereocenters. The number of esters is 1. The van der Waals surface area contributed by atoms with Crippen LogP contribution >= 0.6 is 0 Å². The number of rotatable bonds is 2. The number of likely N-dealkylation sites (tertiary alicyclic amines) is 1. The van der Waals surface area contributed by atoms with Crippen molar-refractivity contribution < 1.29 is 28.6 Å². The summed E-state index contributed by atoms with van der Waals surface area (Å²) in [5, 5.41) is 11.5. The van der Waals surface area contributed by atoms with Crippen LogP contribution in [0.4, 0.5) is 9.18 Å². The maximum Gasteiger partial charge on any atom is 0.410 e. The number of aryl methyl sites for hydroxylation is 1. The number of ether oxygens (including phenoxy) is 2. The van der Waals surface area contributed by atoms with Crippen LogP contribution in [0.3, 0.4) is 0 Å². The number of piperidine rings is 1. The Hall–Kier alpha value is -2.15. The quantitative estimate of drug-likeness (QED) is 0.750. The first-order valence-corrected chi connectivity index (χ1v) is 9.81. The molecule has 0 bridgehead atoms. The molecule has 0 aromatic heterocycles. The van der Waals surface area contributed by atoms with Crippen LogP contribution in [-0.4, -0.2) is 46.9 Å². The van der Waals surface area contributed by atoms with Crippen molar-refractivity contribution >= 4 is 12.1 Å². The van der Waals surface area contributed by atoms with E-state index in [-0.39, 0.29) is 19.5 Å². The van der Waals surface area contributed by atoms with Gasteiger partial charge in [-0.25, -0.2) is 9.18 Å². The van der Waals surface area contributed by atoms with E-state index in [9.17, 15) is 19.1 Å². The molecule has 7 heteroatoms. The molecule has 1 heterocycles. The Kier molecular flexibility index (Phi) is 6.33. The highest BCUT2D eigenvalue weighted by atomic mass is 19.1. The second kappa shape index (κ2) is 7.94. The van der Waals surface area contributed by atoms with Gasteiger partial charge in [-0.15, -0.1) is 0 Å². The summed E-state index contributed by atoms with van der Waals surface area (Å²) < 4.78 is 24.7. The van der Waals surface area contributed by atoms with E-state index >= 15 is 0 Å². The van der Waals surface area contributed by atoms with Crippen molar-refractivity contribution in [3.63, 3.8) is 0 Å². The van der Waals surface area contributed by atoms with Gasteiger partial charge >= 0.3 is 12.1 Å². The molecular weight excluding hydrogens is 377 g/mol. The summed E-state index contributed by atoms with van der Waals surface area (Å²) in [6, 6.07) is 4.10. The van der Waals surface area contributed by atoms with Crippen molar-refractivity contribution in [2.24, 2.45) is 5.41 Å². The van der Waals surface area contributed by atoms with Crippen molar-refractivity contribution in [3.8, 4) is 0 Å². The third-order valence-electron chi connectivity index (χ3n) is 4.85. The number of hydrogen-bond acceptors (Lipinski definition) is 5. The molecule has 1 N–H and O–H groups in total. The largest absolute Gasteiger partial charge is 0.457 e. The Morgan fingerprint density at radius 2 is 1.83 bits per heavy atom. The third kappa shape index (κ3) is 5.47. The zero-order chi connectivity index (χ0) is 22.2. The number of hydrogen-bond donors (Lipinski definition) is 1. The lowest BCUT2D eigenvalue weighted by Gasteiger charge is -2.45. The first kappa shape index (κ1) is 23.1. The normalized spacial score (nSPS) is 22.9. The maximum atomic E-state index is 13.6. The highest BCUT2D eigenvalue weighted by Crippen LogP contribution is 2.38. The SMILES string of the molecule is Cc1cc(F)ccc1[C@@]1(O)CCN(C(=O)OC(C)(C)C)C[C@@H]1OC(=O)C(C)(C)C. The highest BCUT2D eigenvalue weighted by molar-refractivity contribution is 5.76. The van der Waals surface area contributed by atoms with Gasteiger partial charge in [-0.2, -0.15) is 0 Å². The second-order valence-electron chi connectivity index (χ2n) is 9.70. The molecule has 0 spiro atoms. The Morgan fingerprint density at radius 1 is 1.21 bits per heavy atom. The van der Waals surface area contributed by atoms with Crippen LogP contribution in [0.2, 0.25) is 0 Å². The molecule has 1 saturated heterocycles. The average molecular weight is 409 g/mol. The Labute approximate surface area is 172 Å². The van der Waals surface area contributed by atoms with E-state index in [0.29, 0.717) is 11.1 Å². The first-order chi connectivity index (χ1) is 13.1. The Bertz CT molecular complexity index is 780. The number of halogens is 1. The molecule has 1 aromatic carbocycles. The fraction of sp³-hybridized carbons (Fsp3) is 0.636. The Balaban J connectivity index is 2.37. The van der Waals surface area contributed by atoms with Crippen molar-refractivity contribution in [3.05, 3.63) is 35.1 Å². The van der Waals surface area contributed by atoms with E-state index in [0.717, 1.165) is 0 Å². The van der Waals surface area contributed by atoms with Crippen LogP contribution in [0.5, 0.6) is 0 Å². The van der Waals surface area contributed by atoms with Gasteiger partial charge in [0.25, 0.3) is 0 Å². The zero-order valence-electron chi connectivity index (χ0n) is 18.3. The van der Waals surface area contributed by atoms with E-state index in [1.807, 2.05) is 0 Å². The van der Waals surface area contributed by atoms with Crippen LogP contribution in [0.15, 0.2) is 18.2 Å². The summed E-state index contributed by atoms with van der Waals surface area (Å²) in [5.41, 5.74) is -1.97. The average Bonchev–Trinajstić information content (AvgIpc) is 2.54. The molecule has 2 rings (SSSR count). The van der Waals surface area contributed by atoms with Gasteiger partial charge < -0.3 is 19.5 Å². The van der Waals surface area contributed by atoms with Crippen molar-refractivity contribution in [2.45, 2.75) is 72.2 Å². The minimum Gasteiger partial charge on any atom is -0.457 e. The maximum absolute atomic E-state index is 13.6. The van der Waals surface area contributed by atoms with Gasteiger partial charge in [0.2, 0.25) is 0 Å². The van der Waals surface area contributed by atoms with Gasteiger partial charge in [0, 0.05) is 13.0 Å². The minimum atomic E-state index is -1.54. The number of carbonyl (C=O) groups is 2. The molecule has 162 valence electrons. The van der Waals surface area contributed by atoms with Gasteiger partial charge in [-0.1, -0.05) is 6.07 Å². The zero-order valence-corrected chi connectivity index (χ0v) is 18.3. The van der Waals surface area contributed by atoms with E-state index in [4.69, 9.17) is 9.47 Å². The molecule has 2 atom stereocenters. The van der Waals surface area contributed by atoms with Crippen LogP contribution in [-0.2, 0) is 19.9 Å². The fourth-order valence-electron chi connectivity index (χ4n) is 3.26.